The summed E-state index contributed by atoms with van der Waals surface area (Å²) < 4.78 is 0. The average Bonchev–Trinajstić information content (AvgIpc) is 2.28. The van der Waals surface area contributed by atoms with Gasteiger partial charge in [-0.15, -0.1) is 0 Å². The Bertz CT molecular complexity index is 390. The molecule has 0 fully saturated rings. The largest absolute Gasteiger partial charge is 0.395 e. The maximum Gasteiger partial charge on any atom is 0.106 e. The van der Waals surface area contributed by atoms with Crippen molar-refractivity contribution >= 4 is 22.9 Å². The fourth-order valence-electron chi connectivity index (χ4n) is 1.71. The number of aliphatic hydroxyl groups is 2. The molecule has 0 unspecified atom stereocenters. The summed E-state index contributed by atoms with van der Waals surface area (Å²) in [4.78, 5) is 2.20. The van der Waals surface area contributed by atoms with Crippen molar-refractivity contribution in [2.75, 3.05) is 31.2 Å². The summed E-state index contributed by atoms with van der Waals surface area (Å²) in [6.45, 7) is 2.90. The lowest BCUT2D eigenvalue weighted by atomic mass is 10.1. The topological polar surface area (TPSA) is 69.7 Å². The molecule has 0 aliphatic carbocycles. The Kier molecular flexibility index (Phi) is 5.34. The summed E-state index contributed by atoms with van der Waals surface area (Å²) in [5.41, 5.74) is 8.39. The second-order valence-electron chi connectivity index (χ2n) is 3.82. The lowest BCUT2D eigenvalue weighted by Crippen LogP contribution is -2.31. The van der Waals surface area contributed by atoms with Gasteiger partial charge < -0.3 is 20.8 Å². The van der Waals surface area contributed by atoms with E-state index >= 15 is 0 Å². The van der Waals surface area contributed by atoms with Crippen LogP contribution in [0.25, 0.3) is 0 Å². The van der Waals surface area contributed by atoms with Gasteiger partial charge in [-0.25, -0.2) is 0 Å². The van der Waals surface area contributed by atoms with Gasteiger partial charge >= 0.3 is 0 Å². The SMILES string of the molecule is Cc1ccc(C(N)=S)c(N(CCO)CCO)c1. The van der Waals surface area contributed by atoms with E-state index in [1.807, 2.05) is 30.0 Å². The first kappa shape index (κ1) is 13.9. The monoisotopic (exact) mass is 254 g/mol. The smallest absolute Gasteiger partial charge is 0.106 e. The zero-order chi connectivity index (χ0) is 12.8. The predicted molar refractivity (Wildman–Crippen MR) is 73.5 cm³/mol. The molecular formula is C12H18N2O2S. The van der Waals surface area contributed by atoms with Gasteiger partial charge in [0.15, 0.2) is 0 Å². The highest BCUT2D eigenvalue weighted by Crippen LogP contribution is 2.22. The number of nitrogens with zero attached hydrogens (tertiary/aromatic N) is 1. The number of rotatable bonds is 6. The van der Waals surface area contributed by atoms with E-state index in [0.29, 0.717) is 18.1 Å². The summed E-state index contributed by atoms with van der Waals surface area (Å²) in [5, 5.41) is 18.1. The zero-order valence-corrected chi connectivity index (χ0v) is 10.7. The lowest BCUT2D eigenvalue weighted by Gasteiger charge is -2.25. The molecule has 4 nitrogen and oxygen atoms in total. The highest BCUT2D eigenvalue weighted by molar-refractivity contribution is 7.80. The Labute approximate surface area is 107 Å². The van der Waals surface area contributed by atoms with E-state index in [0.717, 1.165) is 16.8 Å². The Morgan fingerprint density at radius 1 is 1.29 bits per heavy atom. The van der Waals surface area contributed by atoms with Crippen LogP contribution in [0.1, 0.15) is 11.1 Å². The molecule has 0 radical (unpaired) electrons. The van der Waals surface area contributed by atoms with Crippen molar-refractivity contribution in [3.8, 4) is 0 Å². The molecule has 0 atom stereocenters. The van der Waals surface area contributed by atoms with E-state index in [-0.39, 0.29) is 13.2 Å². The molecule has 0 heterocycles. The van der Waals surface area contributed by atoms with Crippen LogP contribution in [0.3, 0.4) is 0 Å². The van der Waals surface area contributed by atoms with E-state index in [1.165, 1.54) is 0 Å². The second kappa shape index (κ2) is 6.54. The van der Waals surface area contributed by atoms with Crippen LogP contribution < -0.4 is 10.6 Å². The third kappa shape index (κ3) is 3.66. The highest BCUT2D eigenvalue weighted by Gasteiger charge is 2.12. The van der Waals surface area contributed by atoms with Crippen molar-refractivity contribution < 1.29 is 10.2 Å². The van der Waals surface area contributed by atoms with Gasteiger partial charge in [0.1, 0.15) is 4.99 Å². The molecule has 4 N–H and O–H groups in total. The fourth-order valence-corrected chi connectivity index (χ4v) is 1.88. The fraction of sp³-hybridized carbons (Fsp3) is 0.417. The molecule has 0 saturated heterocycles. The van der Waals surface area contributed by atoms with E-state index in [2.05, 4.69) is 0 Å². The molecular weight excluding hydrogens is 236 g/mol. The minimum absolute atomic E-state index is 0.0186. The molecule has 0 aliphatic heterocycles. The predicted octanol–water partition coefficient (Wildman–Crippen LogP) is 0.420. The van der Waals surface area contributed by atoms with Crippen molar-refractivity contribution in [1.29, 1.82) is 0 Å². The summed E-state index contributed by atoms with van der Waals surface area (Å²) in [6.07, 6.45) is 0. The van der Waals surface area contributed by atoms with Gasteiger partial charge in [0.05, 0.1) is 13.2 Å². The van der Waals surface area contributed by atoms with Crippen molar-refractivity contribution in [2.24, 2.45) is 5.73 Å². The Morgan fingerprint density at radius 3 is 2.35 bits per heavy atom. The third-order valence-electron chi connectivity index (χ3n) is 2.50. The summed E-state index contributed by atoms with van der Waals surface area (Å²) in [5.74, 6) is 0. The van der Waals surface area contributed by atoms with Crippen molar-refractivity contribution in [1.82, 2.24) is 0 Å². The maximum atomic E-state index is 9.04. The molecule has 1 aromatic rings. The Balaban J connectivity index is 3.14. The lowest BCUT2D eigenvalue weighted by molar-refractivity contribution is 0.281. The first-order valence-electron chi connectivity index (χ1n) is 5.47. The standard InChI is InChI=1S/C12H18N2O2S/c1-9-2-3-10(12(13)17)11(8-9)14(4-6-15)5-7-16/h2-3,8,15-16H,4-7H2,1H3,(H2,13,17). The van der Waals surface area contributed by atoms with Gasteiger partial charge in [-0.1, -0.05) is 18.3 Å². The molecule has 1 rings (SSSR count). The van der Waals surface area contributed by atoms with Gasteiger partial charge in [0.25, 0.3) is 0 Å². The first-order valence-corrected chi connectivity index (χ1v) is 5.88. The van der Waals surface area contributed by atoms with Crippen LogP contribution in [0.4, 0.5) is 5.69 Å². The van der Waals surface area contributed by atoms with E-state index in [1.54, 1.807) is 0 Å². The van der Waals surface area contributed by atoms with Crippen molar-refractivity contribution in [3.05, 3.63) is 29.3 Å². The van der Waals surface area contributed by atoms with Gasteiger partial charge in [0, 0.05) is 24.3 Å². The summed E-state index contributed by atoms with van der Waals surface area (Å²) >= 11 is 5.01. The van der Waals surface area contributed by atoms with Gasteiger partial charge in [-0.3, -0.25) is 0 Å². The molecule has 0 aromatic heterocycles. The number of benzene rings is 1. The first-order chi connectivity index (χ1) is 8.10. The van der Waals surface area contributed by atoms with E-state index in [4.69, 9.17) is 28.2 Å². The van der Waals surface area contributed by atoms with Crippen LogP contribution >= 0.6 is 12.2 Å². The number of hydrogen-bond acceptors (Lipinski definition) is 4. The molecule has 0 bridgehead atoms. The normalized spacial score (nSPS) is 10.3. The number of hydrogen-bond donors (Lipinski definition) is 3. The number of anilines is 1. The molecule has 17 heavy (non-hydrogen) atoms. The number of aliphatic hydroxyl groups excluding tert-OH is 2. The van der Waals surface area contributed by atoms with E-state index in [9.17, 15) is 0 Å². The molecule has 0 saturated carbocycles. The van der Waals surface area contributed by atoms with Crippen LogP contribution in [0, 0.1) is 6.92 Å². The maximum absolute atomic E-state index is 9.04. The van der Waals surface area contributed by atoms with Crippen LogP contribution in [0.2, 0.25) is 0 Å². The molecule has 94 valence electrons. The van der Waals surface area contributed by atoms with Crippen molar-refractivity contribution in [3.63, 3.8) is 0 Å². The summed E-state index contributed by atoms with van der Waals surface area (Å²) in [6, 6.07) is 5.77. The molecule has 0 spiro atoms. The van der Waals surface area contributed by atoms with Crippen LogP contribution in [0.15, 0.2) is 18.2 Å². The minimum Gasteiger partial charge on any atom is -0.395 e. The van der Waals surface area contributed by atoms with Gasteiger partial charge in [-0.05, 0) is 24.6 Å². The number of nitrogens with two attached hydrogens (primary N) is 1. The highest BCUT2D eigenvalue weighted by atomic mass is 32.1. The number of thiocarbonyl (C=S) groups is 1. The Hall–Kier alpha value is -1.17. The van der Waals surface area contributed by atoms with Crippen LogP contribution in [-0.4, -0.2) is 41.5 Å². The van der Waals surface area contributed by atoms with Crippen LogP contribution in [0.5, 0.6) is 0 Å². The molecule has 0 aliphatic rings. The van der Waals surface area contributed by atoms with E-state index < -0.39 is 0 Å². The third-order valence-corrected chi connectivity index (χ3v) is 2.72. The number of aryl methyl sites for hydroxylation is 1. The Morgan fingerprint density at radius 2 is 1.88 bits per heavy atom. The quantitative estimate of drug-likeness (QED) is 0.642. The molecule has 1 aromatic carbocycles. The molecule has 0 amide bonds. The summed E-state index contributed by atoms with van der Waals surface area (Å²) in [7, 11) is 0. The molecule has 5 heteroatoms. The minimum atomic E-state index is 0.0186. The zero-order valence-electron chi connectivity index (χ0n) is 9.89. The average molecular weight is 254 g/mol. The van der Waals surface area contributed by atoms with Gasteiger partial charge in [0.2, 0.25) is 0 Å². The van der Waals surface area contributed by atoms with Crippen LogP contribution in [-0.2, 0) is 0 Å². The van der Waals surface area contributed by atoms with Gasteiger partial charge in [-0.2, -0.15) is 0 Å². The van der Waals surface area contributed by atoms with Crippen molar-refractivity contribution in [2.45, 2.75) is 6.92 Å². The second-order valence-corrected chi connectivity index (χ2v) is 4.26.